The van der Waals surface area contributed by atoms with Gasteiger partial charge in [0.05, 0.1) is 19.3 Å². The van der Waals surface area contributed by atoms with Crippen molar-refractivity contribution < 1.29 is 14.6 Å². The fourth-order valence-corrected chi connectivity index (χ4v) is 1.94. The second-order valence-electron chi connectivity index (χ2n) is 4.72. The molecule has 0 heterocycles. The molecule has 0 spiro atoms. The summed E-state index contributed by atoms with van der Waals surface area (Å²) in [4.78, 5) is 11.2. The molecule has 0 fully saturated rings. The van der Waals surface area contributed by atoms with Crippen molar-refractivity contribution in [3.05, 3.63) is 24.3 Å². The standard InChI is InChI=1S/C16H28O3/c1-3-4-5-6-7-8-9-10-11-12-13-15(14-17)16(18)19-2/h3,13,17H,1,4-12,14H2,2H3/b15-13-. The molecule has 19 heavy (non-hydrogen) atoms. The van der Waals surface area contributed by atoms with E-state index in [1.807, 2.05) is 6.08 Å². The first-order valence-electron chi connectivity index (χ1n) is 7.25. The number of unbranched alkanes of at least 4 members (excludes halogenated alkanes) is 8. The largest absolute Gasteiger partial charge is 0.466 e. The van der Waals surface area contributed by atoms with Gasteiger partial charge in [-0.1, -0.05) is 44.3 Å². The Bertz CT molecular complexity index is 269. The Labute approximate surface area is 117 Å². The highest BCUT2D eigenvalue weighted by molar-refractivity contribution is 5.88. The van der Waals surface area contributed by atoms with Crippen LogP contribution in [0, 0.1) is 0 Å². The van der Waals surface area contributed by atoms with Gasteiger partial charge in [0.15, 0.2) is 0 Å². The summed E-state index contributed by atoms with van der Waals surface area (Å²) in [5.74, 6) is -0.426. The molecule has 0 amide bonds. The number of allylic oxidation sites excluding steroid dienone is 2. The number of methoxy groups -OCH3 is 1. The minimum Gasteiger partial charge on any atom is -0.466 e. The molecule has 0 aromatic rings. The molecule has 0 aliphatic carbocycles. The van der Waals surface area contributed by atoms with Crippen molar-refractivity contribution in [2.24, 2.45) is 0 Å². The van der Waals surface area contributed by atoms with Gasteiger partial charge in [-0.25, -0.2) is 4.79 Å². The zero-order valence-corrected chi connectivity index (χ0v) is 12.2. The van der Waals surface area contributed by atoms with Gasteiger partial charge in [0.2, 0.25) is 0 Å². The Morgan fingerprint density at radius 1 is 1.05 bits per heavy atom. The van der Waals surface area contributed by atoms with E-state index >= 15 is 0 Å². The van der Waals surface area contributed by atoms with Crippen molar-refractivity contribution >= 4 is 5.97 Å². The van der Waals surface area contributed by atoms with Crippen LogP contribution in [0.15, 0.2) is 24.3 Å². The van der Waals surface area contributed by atoms with Crippen LogP contribution in [0.3, 0.4) is 0 Å². The lowest BCUT2D eigenvalue weighted by atomic mass is 10.1. The van der Waals surface area contributed by atoms with Gasteiger partial charge in [-0.2, -0.15) is 0 Å². The lowest BCUT2D eigenvalue weighted by Crippen LogP contribution is -2.08. The van der Waals surface area contributed by atoms with Gasteiger partial charge in [-0.05, 0) is 25.7 Å². The van der Waals surface area contributed by atoms with E-state index in [1.165, 1.54) is 45.6 Å². The maximum absolute atomic E-state index is 11.2. The molecular formula is C16H28O3. The van der Waals surface area contributed by atoms with Gasteiger partial charge in [-0.3, -0.25) is 0 Å². The number of hydrogen-bond donors (Lipinski definition) is 1. The molecule has 0 aliphatic rings. The van der Waals surface area contributed by atoms with Gasteiger partial charge in [-0.15, -0.1) is 6.58 Å². The summed E-state index contributed by atoms with van der Waals surface area (Å²) in [6.45, 7) is 3.47. The molecule has 0 unspecified atom stereocenters. The van der Waals surface area contributed by atoms with E-state index in [1.54, 1.807) is 6.08 Å². The number of ether oxygens (including phenoxy) is 1. The molecule has 3 nitrogen and oxygen atoms in total. The number of aliphatic hydroxyl groups is 1. The van der Waals surface area contributed by atoms with E-state index < -0.39 is 5.97 Å². The second kappa shape index (κ2) is 13.3. The normalized spacial score (nSPS) is 11.4. The third-order valence-corrected chi connectivity index (χ3v) is 3.12. The Balaban J connectivity index is 3.45. The van der Waals surface area contributed by atoms with Gasteiger partial charge in [0.1, 0.15) is 0 Å². The monoisotopic (exact) mass is 268 g/mol. The predicted molar refractivity (Wildman–Crippen MR) is 78.9 cm³/mol. The quantitative estimate of drug-likeness (QED) is 0.254. The highest BCUT2D eigenvalue weighted by Crippen LogP contribution is 2.11. The first-order valence-corrected chi connectivity index (χ1v) is 7.25. The molecule has 0 saturated heterocycles. The number of carbonyl (C=O) groups excluding carboxylic acids is 1. The lowest BCUT2D eigenvalue weighted by molar-refractivity contribution is -0.136. The highest BCUT2D eigenvalue weighted by atomic mass is 16.5. The maximum atomic E-state index is 11.2. The Morgan fingerprint density at radius 3 is 2.05 bits per heavy atom. The zero-order valence-electron chi connectivity index (χ0n) is 12.2. The molecule has 0 aliphatic heterocycles. The van der Waals surface area contributed by atoms with Crippen LogP contribution in [-0.2, 0) is 9.53 Å². The predicted octanol–water partition coefficient (Wildman–Crippen LogP) is 3.78. The summed E-state index contributed by atoms with van der Waals surface area (Å²) < 4.78 is 4.57. The van der Waals surface area contributed by atoms with Crippen LogP contribution in [0.1, 0.15) is 57.8 Å². The molecule has 110 valence electrons. The average molecular weight is 268 g/mol. The van der Waals surface area contributed by atoms with Crippen molar-refractivity contribution in [1.82, 2.24) is 0 Å². The average Bonchev–Trinajstić information content (AvgIpc) is 2.44. The highest BCUT2D eigenvalue weighted by Gasteiger charge is 2.06. The lowest BCUT2D eigenvalue weighted by Gasteiger charge is -2.02. The van der Waals surface area contributed by atoms with E-state index in [2.05, 4.69) is 11.3 Å². The first kappa shape index (κ1) is 17.9. The fourth-order valence-electron chi connectivity index (χ4n) is 1.94. The molecule has 0 bridgehead atoms. The Morgan fingerprint density at radius 2 is 1.58 bits per heavy atom. The van der Waals surface area contributed by atoms with Crippen molar-refractivity contribution in [3.8, 4) is 0 Å². The van der Waals surface area contributed by atoms with Gasteiger partial charge < -0.3 is 9.84 Å². The minimum absolute atomic E-state index is 0.240. The van der Waals surface area contributed by atoms with E-state index in [9.17, 15) is 4.79 Å². The molecule has 0 saturated carbocycles. The molecule has 0 aromatic heterocycles. The summed E-state index contributed by atoms with van der Waals surface area (Å²) >= 11 is 0. The molecule has 1 N–H and O–H groups in total. The number of carbonyl (C=O) groups is 1. The zero-order chi connectivity index (χ0) is 14.3. The van der Waals surface area contributed by atoms with Gasteiger partial charge in [0, 0.05) is 0 Å². The summed E-state index contributed by atoms with van der Waals surface area (Å²) in [6, 6.07) is 0. The first-order chi connectivity index (χ1) is 9.26. The van der Waals surface area contributed by atoms with Crippen LogP contribution in [0.5, 0.6) is 0 Å². The van der Waals surface area contributed by atoms with Crippen LogP contribution < -0.4 is 0 Å². The van der Waals surface area contributed by atoms with Crippen LogP contribution in [-0.4, -0.2) is 24.8 Å². The Kier molecular flexibility index (Phi) is 12.6. The van der Waals surface area contributed by atoms with Crippen LogP contribution in [0.25, 0.3) is 0 Å². The molecular weight excluding hydrogens is 240 g/mol. The van der Waals surface area contributed by atoms with Gasteiger partial charge in [0.25, 0.3) is 0 Å². The number of hydrogen-bond acceptors (Lipinski definition) is 3. The van der Waals surface area contributed by atoms with Crippen molar-refractivity contribution in [1.29, 1.82) is 0 Å². The second-order valence-corrected chi connectivity index (χ2v) is 4.72. The van der Waals surface area contributed by atoms with Crippen molar-refractivity contribution in [3.63, 3.8) is 0 Å². The molecule has 0 radical (unpaired) electrons. The summed E-state index contributed by atoms with van der Waals surface area (Å²) in [5.41, 5.74) is 0.368. The number of aliphatic hydroxyl groups excluding tert-OH is 1. The summed E-state index contributed by atoms with van der Waals surface area (Å²) in [5, 5.41) is 8.99. The van der Waals surface area contributed by atoms with E-state index in [0.717, 1.165) is 19.3 Å². The van der Waals surface area contributed by atoms with Crippen LogP contribution in [0.4, 0.5) is 0 Å². The molecule has 0 aromatic carbocycles. The third kappa shape index (κ3) is 10.5. The molecule has 0 atom stereocenters. The Hall–Kier alpha value is -1.09. The minimum atomic E-state index is -0.426. The van der Waals surface area contributed by atoms with Crippen LogP contribution in [0.2, 0.25) is 0 Å². The summed E-state index contributed by atoms with van der Waals surface area (Å²) in [6.07, 6.45) is 14.3. The van der Waals surface area contributed by atoms with E-state index in [-0.39, 0.29) is 6.61 Å². The van der Waals surface area contributed by atoms with Crippen molar-refractivity contribution in [2.45, 2.75) is 57.8 Å². The smallest absolute Gasteiger partial charge is 0.335 e. The number of rotatable bonds is 12. The number of esters is 1. The SMILES string of the molecule is C=CCCCCCCCCC/C=C(/CO)C(=O)OC. The van der Waals surface area contributed by atoms with E-state index in [4.69, 9.17) is 5.11 Å². The van der Waals surface area contributed by atoms with E-state index in [0.29, 0.717) is 5.57 Å². The molecule has 3 heteroatoms. The third-order valence-electron chi connectivity index (χ3n) is 3.12. The van der Waals surface area contributed by atoms with Crippen LogP contribution >= 0.6 is 0 Å². The fraction of sp³-hybridized carbons (Fsp3) is 0.688. The molecule has 0 rings (SSSR count). The van der Waals surface area contributed by atoms with Gasteiger partial charge >= 0.3 is 5.97 Å². The topological polar surface area (TPSA) is 46.5 Å². The van der Waals surface area contributed by atoms with Crippen molar-refractivity contribution in [2.75, 3.05) is 13.7 Å². The summed E-state index contributed by atoms with van der Waals surface area (Å²) in [7, 11) is 1.33. The maximum Gasteiger partial charge on any atom is 0.335 e.